The van der Waals surface area contributed by atoms with Crippen LogP contribution in [-0.2, 0) is 27.1 Å². The van der Waals surface area contributed by atoms with Crippen molar-refractivity contribution < 1.29 is 13.5 Å². The average molecular weight is 441 g/mol. The fraction of sp³-hybridized carbons (Fsp3) is 0.222. The van der Waals surface area contributed by atoms with E-state index >= 15 is 0 Å². The Balaban J connectivity index is 1.49. The third kappa shape index (κ3) is 5.93. The summed E-state index contributed by atoms with van der Waals surface area (Å²) in [5.74, 6) is 1.86. The highest BCUT2D eigenvalue weighted by Gasteiger charge is 2.10. The van der Waals surface area contributed by atoms with E-state index in [1.54, 1.807) is 35.8 Å². The summed E-state index contributed by atoms with van der Waals surface area (Å²) in [5, 5.41) is 9.40. The van der Waals surface area contributed by atoms with Gasteiger partial charge in [0.2, 0.25) is 5.91 Å². The number of carbonyl (C=O) groups excluding carboxylic acids is 1. The molecule has 142 valence electrons. The highest BCUT2D eigenvalue weighted by atomic mass is 35.5. The number of carbonyl (C=O) groups is 1. The molecule has 0 aliphatic carbocycles. The number of nitrogens with one attached hydrogen (secondary N) is 1. The Labute approximate surface area is 172 Å². The number of anilines is 1. The van der Waals surface area contributed by atoms with Gasteiger partial charge in [-0.15, -0.1) is 23.1 Å². The molecule has 0 aliphatic heterocycles. The highest BCUT2D eigenvalue weighted by molar-refractivity contribution is 7.99. The van der Waals surface area contributed by atoms with E-state index in [-0.39, 0.29) is 5.91 Å². The average Bonchev–Trinajstić information content (AvgIpc) is 3.28. The van der Waals surface area contributed by atoms with Crippen LogP contribution in [0.15, 0.2) is 46.3 Å². The topological polar surface area (TPSA) is 72.2 Å². The number of hydrogen-bond donors (Lipinski definition) is 1. The molecule has 2 aromatic heterocycles. The van der Waals surface area contributed by atoms with Crippen LogP contribution < -0.4 is 5.32 Å². The van der Waals surface area contributed by atoms with Gasteiger partial charge >= 0.3 is 0 Å². The first-order valence-corrected chi connectivity index (χ1v) is 12.1. The summed E-state index contributed by atoms with van der Waals surface area (Å²) in [5.41, 5.74) is 2.20. The molecule has 9 heteroatoms. The van der Waals surface area contributed by atoms with Crippen LogP contribution in [0.2, 0.25) is 5.02 Å². The minimum atomic E-state index is -0.999. The number of aromatic nitrogens is 1. The van der Waals surface area contributed by atoms with Gasteiger partial charge in [0.25, 0.3) is 0 Å². The molecule has 1 amide bonds. The second-order valence-corrected chi connectivity index (χ2v) is 9.50. The first-order valence-electron chi connectivity index (χ1n) is 7.97. The molecule has 0 saturated heterocycles. The number of benzene rings is 1. The largest absolute Gasteiger partial charge is 0.355 e. The number of halogens is 1. The summed E-state index contributed by atoms with van der Waals surface area (Å²) >= 11 is 9.15. The van der Waals surface area contributed by atoms with Gasteiger partial charge in [-0.2, -0.15) is 0 Å². The van der Waals surface area contributed by atoms with Crippen LogP contribution in [0.5, 0.6) is 0 Å². The molecular weight excluding hydrogens is 424 g/mol. The molecule has 1 unspecified atom stereocenters. The number of hydrogen-bond acceptors (Lipinski definition) is 6. The molecule has 1 N–H and O–H groups in total. The standard InChI is InChI=1S/C18H17ClN2O3S3/c1-27(23)11-12-7-13(4-5-15(12)19)20-18(22)10-25-9-14-8-16(24-21-14)17-3-2-6-26-17/h2-8H,9-11H2,1H3,(H,20,22). The van der Waals surface area contributed by atoms with E-state index in [2.05, 4.69) is 10.5 Å². The van der Waals surface area contributed by atoms with Gasteiger partial charge in [0.15, 0.2) is 5.76 Å². The maximum Gasteiger partial charge on any atom is 0.234 e. The van der Waals surface area contributed by atoms with Crippen molar-refractivity contribution in [3.05, 3.63) is 58.1 Å². The Morgan fingerprint density at radius 1 is 1.37 bits per heavy atom. The van der Waals surface area contributed by atoms with E-state index in [4.69, 9.17) is 16.1 Å². The zero-order valence-electron chi connectivity index (χ0n) is 14.4. The van der Waals surface area contributed by atoms with Crippen LogP contribution in [0.3, 0.4) is 0 Å². The molecule has 2 heterocycles. The summed E-state index contributed by atoms with van der Waals surface area (Å²) in [7, 11) is -0.999. The van der Waals surface area contributed by atoms with E-state index in [0.29, 0.717) is 28.0 Å². The predicted octanol–water partition coefficient (Wildman–Crippen LogP) is 4.81. The Hall–Kier alpha value is -1.61. The van der Waals surface area contributed by atoms with E-state index in [1.165, 1.54) is 11.8 Å². The lowest BCUT2D eigenvalue weighted by atomic mass is 10.2. The highest BCUT2D eigenvalue weighted by Crippen LogP contribution is 2.26. The van der Waals surface area contributed by atoms with Gasteiger partial charge in [0.1, 0.15) is 0 Å². The van der Waals surface area contributed by atoms with E-state index in [1.807, 2.05) is 23.6 Å². The van der Waals surface area contributed by atoms with Crippen molar-refractivity contribution in [1.82, 2.24) is 5.16 Å². The summed E-state index contributed by atoms with van der Waals surface area (Å²) in [6, 6.07) is 11.0. The Bertz CT molecular complexity index is 941. The quantitative estimate of drug-likeness (QED) is 0.544. The number of amides is 1. The second kappa shape index (κ2) is 9.54. The van der Waals surface area contributed by atoms with E-state index < -0.39 is 10.8 Å². The van der Waals surface area contributed by atoms with E-state index in [0.717, 1.165) is 21.9 Å². The van der Waals surface area contributed by atoms with Crippen LogP contribution >= 0.6 is 34.7 Å². The smallest absolute Gasteiger partial charge is 0.234 e. The van der Waals surface area contributed by atoms with Gasteiger partial charge in [-0.05, 0) is 35.2 Å². The lowest BCUT2D eigenvalue weighted by Gasteiger charge is -2.08. The normalized spacial score (nSPS) is 12.1. The maximum absolute atomic E-state index is 12.1. The van der Waals surface area contributed by atoms with Crippen LogP contribution in [0.4, 0.5) is 5.69 Å². The molecule has 0 saturated carbocycles. The van der Waals surface area contributed by atoms with Gasteiger partial charge in [-0.1, -0.05) is 22.8 Å². The first-order chi connectivity index (χ1) is 13.0. The first kappa shape index (κ1) is 20.1. The molecule has 0 spiro atoms. The SMILES string of the molecule is CS(=O)Cc1cc(NC(=O)CSCc2cc(-c3cccs3)on2)ccc1Cl. The van der Waals surface area contributed by atoms with Crippen molar-refractivity contribution in [1.29, 1.82) is 0 Å². The van der Waals surface area contributed by atoms with Crippen molar-refractivity contribution in [2.75, 3.05) is 17.3 Å². The lowest BCUT2D eigenvalue weighted by Crippen LogP contribution is -2.14. The summed E-state index contributed by atoms with van der Waals surface area (Å²) in [6.07, 6.45) is 1.62. The molecule has 1 atom stereocenters. The van der Waals surface area contributed by atoms with Crippen molar-refractivity contribution in [2.24, 2.45) is 0 Å². The molecule has 27 heavy (non-hydrogen) atoms. The summed E-state index contributed by atoms with van der Waals surface area (Å²) in [6.45, 7) is 0. The van der Waals surface area contributed by atoms with Gasteiger partial charge < -0.3 is 9.84 Å². The van der Waals surface area contributed by atoms with Crippen molar-refractivity contribution in [3.63, 3.8) is 0 Å². The monoisotopic (exact) mass is 440 g/mol. The molecule has 5 nitrogen and oxygen atoms in total. The van der Waals surface area contributed by atoms with Crippen molar-refractivity contribution in [3.8, 4) is 10.6 Å². The molecule has 0 aliphatic rings. The fourth-order valence-corrected chi connectivity index (χ4v) is 4.66. The zero-order chi connectivity index (χ0) is 19.2. The van der Waals surface area contributed by atoms with E-state index in [9.17, 15) is 9.00 Å². The number of rotatable bonds is 8. The third-order valence-electron chi connectivity index (χ3n) is 3.49. The molecular formula is C18H17ClN2O3S3. The minimum absolute atomic E-state index is 0.118. The van der Waals surface area contributed by atoms with Crippen LogP contribution in [-0.4, -0.2) is 27.3 Å². The Morgan fingerprint density at radius 2 is 2.22 bits per heavy atom. The van der Waals surface area contributed by atoms with Gasteiger partial charge in [0.05, 0.1) is 16.3 Å². The van der Waals surface area contributed by atoms with Crippen LogP contribution in [0, 0.1) is 0 Å². The molecule has 0 radical (unpaired) electrons. The Kier molecular flexibility index (Phi) is 7.12. The maximum atomic E-state index is 12.1. The second-order valence-electron chi connectivity index (χ2n) is 5.72. The lowest BCUT2D eigenvalue weighted by molar-refractivity contribution is -0.113. The molecule has 0 bridgehead atoms. The minimum Gasteiger partial charge on any atom is -0.355 e. The number of thiophene rings is 1. The van der Waals surface area contributed by atoms with Crippen molar-refractivity contribution in [2.45, 2.75) is 11.5 Å². The Morgan fingerprint density at radius 3 is 2.96 bits per heavy atom. The van der Waals surface area contributed by atoms with Crippen molar-refractivity contribution >= 4 is 57.1 Å². The molecule has 3 aromatic rings. The molecule has 1 aromatic carbocycles. The fourth-order valence-electron chi connectivity index (χ4n) is 2.34. The summed E-state index contributed by atoms with van der Waals surface area (Å²) < 4.78 is 16.7. The predicted molar refractivity (Wildman–Crippen MR) is 114 cm³/mol. The summed E-state index contributed by atoms with van der Waals surface area (Å²) in [4.78, 5) is 13.2. The number of thioether (sulfide) groups is 1. The number of nitrogens with zero attached hydrogens (tertiary/aromatic N) is 1. The van der Waals surface area contributed by atoms with Crippen LogP contribution in [0.25, 0.3) is 10.6 Å². The van der Waals surface area contributed by atoms with Gasteiger partial charge in [0, 0.05) is 45.3 Å². The molecule has 0 fully saturated rings. The third-order valence-corrected chi connectivity index (χ3v) is 6.43. The molecule has 3 rings (SSSR count). The zero-order valence-corrected chi connectivity index (χ0v) is 17.6. The van der Waals surface area contributed by atoms with Gasteiger partial charge in [-0.25, -0.2) is 0 Å². The van der Waals surface area contributed by atoms with Crippen LogP contribution in [0.1, 0.15) is 11.3 Å². The van der Waals surface area contributed by atoms with Gasteiger partial charge in [-0.3, -0.25) is 9.00 Å².